The predicted octanol–water partition coefficient (Wildman–Crippen LogP) is 4.10. The third-order valence-electron chi connectivity index (χ3n) is 3.83. The highest BCUT2D eigenvalue weighted by Gasteiger charge is 2.13. The fraction of sp³-hybridized carbons (Fsp3) is 0.300. The van der Waals surface area contributed by atoms with E-state index in [0.29, 0.717) is 18.2 Å². The molecule has 0 aliphatic rings. The van der Waals surface area contributed by atoms with Crippen LogP contribution >= 0.6 is 11.8 Å². The second-order valence-electron chi connectivity index (χ2n) is 6.44. The second kappa shape index (κ2) is 8.21. The molecule has 5 heteroatoms. The van der Waals surface area contributed by atoms with E-state index in [1.165, 1.54) is 11.8 Å². The maximum absolute atomic E-state index is 12.2. The molecule has 1 aromatic heterocycles. The monoisotopic (exact) mass is 353 g/mol. The van der Waals surface area contributed by atoms with Gasteiger partial charge in [0, 0.05) is 13.1 Å². The van der Waals surface area contributed by atoms with Gasteiger partial charge in [-0.25, -0.2) is 4.98 Å². The van der Waals surface area contributed by atoms with E-state index in [-0.39, 0.29) is 5.91 Å². The molecule has 25 heavy (non-hydrogen) atoms. The molecule has 0 unspecified atom stereocenters. The predicted molar refractivity (Wildman–Crippen MR) is 104 cm³/mol. The van der Waals surface area contributed by atoms with Gasteiger partial charge in [0.15, 0.2) is 5.16 Å². The summed E-state index contributed by atoms with van der Waals surface area (Å²) in [5, 5.41) is 3.87. The number of para-hydroxylation sites is 2. The van der Waals surface area contributed by atoms with E-state index in [2.05, 4.69) is 29.8 Å². The van der Waals surface area contributed by atoms with Gasteiger partial charge >= 0.3 is 0 Å². The summed E-state index contributed by atoms with van der Waals surface area (Å²) < 4.78 is 2.22. The minimum Gasteiger partial charge on any atom is -0.351 e. The van der Waals surface area contributed by atoms with Gasteiger partial charge in [-0.3, -0.25) is 4.79 Å². The lowest BCUT2D eigenvalue weighted by atomic mass is 10.2. The minimum atomic E-state index is 0.0250. The van der Waals surface area contributed by atoms with Crippen molar-refractivity contribution in [3.63, 3.8) is 0 Å². The fourth-order valence-corrected chi connectivity index (χ4v) is 3.54. The van der Waals surface area contributed by atoms with Gasteiger partial charge in [-0.2, -0.15) is 0 Å². The number of fused-ring (bicyclic) bond motifs is 1. The van der Waals surface area contributed by atoms with E-state index in [4.69, 9.17) is 4.98 Å². The van der Waals surface area contributed by atoms with Gasteiger partial charge in [0.2, 0.25) is 5.91 Å². The van der Waals surface area contributed by atoms with E-state index in [0.717, 1.165) is 28.3 Å². The van der Waals surface area contributed by atoms with Crippen molar-refractivity contribution in [1.29, 1.82) is 0 Å². The molecule has 3 aromatic rings. The normalized spacial score (nSPS) is 11.2. The average Bonchev–Trinajstić information content (AvgIpc) is 2.96. The number of carbonyl (C=O) groups excluding carboxylic acids is 1. The van der Waals surface area contributed by atoms with Crippen LogP contribution in [0.4, 0.5) is 0 Å². The van der Waals surface area contributed by atoms with E-state index >= 15 is 0 Å². The van der Waals surface area contributed by atoms with Crippen LogP contribution in [0, 0.1) is 5.92 Å². The van der Waals surface area contributed by atoms with Crippen molar-refractivity contribution in [2.75, 3.05) is 5.75 Å². The van der Waals surface area contributed by atoms with Crippen molar-refractivity contribution in [2.45, 2.75) is 32.1 Å². The van der Waals surface area contributed by atoms with Crippen LogP contribution in [0.25, 0.3) is 11.0 Å². The van der Waals surface area contributed by atoms with Gasteiger partial charge in [0.1, 0.15) is 0 Å². The number of nitrogens with one attached hydrogen (secondary N) is 1. The van der Waals surface area contributed by atoms with Crippen molar-refractivity contribution in [3.8, 4) is 0 Å². The number of amides is 1. The number of hydrogen-bond acceptors (Lipinski definition) is 3. The second-order valence-corrected chi connectivity index (χ2v) is 7.38. The van der Waals surface area contributed by atoms with Crippen LogP contribution in [-0.4, -0.2) is 21.2 Å². The zero-order chi connectivity index (χ0) is 17.6. The van der Waals surface area contributed by atoms with Gasteiger partial charge in [-0.05, 0) is 23.6 Å². The van der Waals surface area contributed by atoms with E-state index in [9.17, 15) is 4.79 Å². The van der Waals surface area contributed by atoms with Crippen LogP contribution in [-0.2, 0) is 17.9 Å². The molecule has 0 saturated heterocycles. The zero-order valence-corrected chi connectivity index (χ0v) is 15.4. The maximum atomic E-state index is 12.2. The van der Waals surface area contributed by atoms with Gasteiger partial charge in [0.25, 0.3) is 0 Å². The third-order valence-corrected chi connectivity index (χ3v) is 4.81. The molecule has 0 aliphatic carbocycles. The van der Waals surface area contributed by atoms with Crippen LogP contribution in [0.2, 0.25) is 0 Å². The number of carbonyl (C=O) groups is 1. The molecular formula is C20H23N3OS. The molecule has 1 amide bonds. The highest BCUT2D eigenvalue weighted by atomic mass is 32.2. The Hall–Kier alpha value is -2.27. The molecule has 2 aromatic carbocycles. The lowest BCUT2D eigenvalue weighted by molar-refractivity contribution is -0.118. The highest BCUT2D eigenvalue weighted by molar-refractivity contribution is 7.99. The Labute approximate surface area is 152 Å². The van der Waals surface area contributed by atoms with E-state index in [1.54, 1.807) is 0 Å². The van der Waals surface area contributed by atoms with Crippen molar-refractivity contribution in [2.24, 2.45) is 5.92 Å². The molecule has 0 saturated carbocycles. The van der Waals surface area contributed by atoms with Crippen LogP contribution in [0.3, 0.4) is 0 Å². The quantitative estimate of drug-likeness (QED) is 0.651. The SMILES string of the molecule is CC(C)Cn1c(SCC(=O)NCc2ccccc2)nc2ccccc21. The Balaban J connectivity index is 1.65. The molecule has 0 spiro atoms. The molecular weight excluding hydrogens is 330 g/mol. The van der Waals surface area contributed by atoms with E-state index < -0.39 is 0 Å². The van der Waals surface area contributed by atoms with Gasteiger partial charge < -0.3 is 9.88 Å². The standard InChI is InChI=1S/C20H23N3OS/c1-15(2)13-23-18-11-7-6-10-17(18)22-20(23)25-14-19(24)21-12-16-8-4-3-5-9-16/h3-11,15H,12-14H2,1-2H3,(H,21,24). The first-order valence-electron chi connectivity index (χ1n) is 8.52. The van der Waals surface area contributed by atoms with Crippen molar-refractivity contribution < 1.29 is 4.79 Å². The summed E-state index contributed by atoms with van der Waals surface area (Å²) in [4.78, 5) is 16.9. The summed E-state index contributed by atoms with van der Waals surface area (Å²) in [5.74, 6) is 0.912. The molecule has 1 N–H and O–H groups in total. The summed E-state index contributed by atoms with van der Waals surface area (Å²) in [6.45, 7) is 5.84. The van der Waals surface area contributed by atoms with Gasteiger partial charge in [0.05, 0.1) is 16.8 Å². The Morgan fingerprint density at radius 3 is 2.60 bits per heavy atom. The minimum absolute atomic E-state index is 0.0250. The first-order chi connectivity index (χ1) is 12.1. The number of imidazole rings is 1. The molecule has 4 nitrogen and oxygen atoms in total. The zero-order valence-electron chi connectivity index (χ0n) is 14.6. The Morgan fingerprint density at radius 2 is 1.84 bits per heavy atom. The third kappa shape index (κ3) is 4.63. The van der Waals surface area contributed by atoms with Crippen molar-refractivity contribution >= 4 is 28.7 Å². The summed E-state index contributed by atoms with van der Waals surface area (Å²) in [6.07, 6.45) is 0. The summed E-state index contributed by atoms with van der Waals surface area (Å²) in [5.41, 5.74) is 3.21. The van der Waals surface area contributed by atoms with E-state index in [1.807, 2.05) is 48.5 Å². The number of aromatic nitrogens is 2. The molecule has 130 valence electrons. The Kier molecular flexibility index (Phi) is 5.76. The molecule has 1 heterocycles. The smallest absolute Gasteiger partial charge is 0.230 e. The molecule has 0 fully saturated rings. The Morgan fingerprint density at radius 1 is 1.12 bits per heavy atom. The summed E-state index contributed by atoms with van der Waals surface area (Å²) >= 11 is 1.50. The van der Waals surface area contributed by atoms with Crippen molar-refractivity contribution in [1.82, 2.24) is 14.9 Å². The Bertz CT molecular complexity index is 843. The molecule has 0 aliphatic heterocycles. The largest absolute Gasteiger partial charge is 0.351 e. The number of benzene rings is 2. The average molecular weight is 353 g/mol. The molecule has 0 radical (unpaired) electrons. The van der Waals surface area contributed by atoms with Crippen LogP contribution < -0.4 is 5.32 Å². The molecule has 0 atom stereocenters. The molecule has 0 bridgehead atoms. The first kappa shape index (κ1) is 17.5. The van der Waals surface area contributed by atoms with Crippen LogP contribution in [0.15, 0.2) is 59.8 Å². The lowest BCUT2D eigenvalue weighted by Gasteiger charge is -2.11. The van der Waals surface area contributed by atoms with Crippen LogP contribution in [0.1, 0.15) is 19.4 Å². The number of rotatable bonds is 7. The number of hydrogen-bond donors (Lipinski definition) is 1. The highest BCUT2D eigenvalue weighted by Crippen LogP contribution is 2.25. The fourth-order valence-electron chi connectivity index (χ4n) is 2.68. The maximum Gasteiger partial charge on any atom is 0.230 e. The van der Waals surface area contributed by atoms with Gasteiger partial charge in [-0.1, -0.05) is 68.1 Å². The van der Waals surface area contributed by atoms with Gasteiger partial charge in [-0.15, -0.1) is 0 Å². The number of nitrogens with zero attached hydrogens (tertiary/aromatic N) is 2. The van der Waals surface area contributed by atoms with Crippen molar-refractivity contribution in [3.05, 3.63) is 60.2 Å². The topological polar surface area (TPSA) is 46.9 Å². The molecule has 3 rings (SSSR count). The summed E-state index contributed by atoms with van der Waals surface area (Å²) in [6, 6.07) is 18.1. The first-order valence-corrected chi connectivity index (χ1v) is 9.50. The lowest BCUT2D eigenvalue weighted by Crippen LogP contribution is -2.24. The van der Waals surface area contributed by atoms with Crippen LogP contribution in [0.5, 0.6) is 0 Å². The summed E-state index contributed by atoms with van der Waals surface area (Å²) in [7, 11) is 0. The number of thioether (sulfide) groups is 1.